The molecule has 3 fully saturated rings. The fourth-order valence-corrected chi connectivity index (χ4v) is 8.36. The van der Waals surface area contributed by atoms with Crippen LogP contribution in [0.3, 0.4) is 0 Å². The predicted octanol–water partition coefficient (Wildman–Crippen LogP) is 3.80. The minimum absolute atomic E-state index is 0.00165. The van der Waals surface area contributed by atoms with Crippen molar-refractivity contribution in [3.05, 3.63) is 88.7 Å². The average molecular weight is 755 g/mol. The van der Waals surface area contributed by atoms with Crippen molar-refractivity contribution in [3.63, 3.8) is 0 Å². The molecule has 16 heteroatoms. The van der Waals surface area contributed by atoms with E-state index in [0.29, 0.717) is 62.2 Å². The fourth-order valence-electron chi connectivity index (χ4n) is 8.36. The summed E-state index contributed by atoms with van der Waals surface area (Å²) < 4.78 is 49.7. The quantitative estimate of drug-likeness (QED) is 0.237. The number of phenols is 1. The molecule has 1 aromatic heterocycles. The van der Waals surface area contributed by atoms with Gasteiger partial charge in [-0.05, 0) is 53.9 Å². The van der Waals surface area contributed by atoms with Gasteiger partial charge in [0, 0.05) is 81.5 Å². The highest BCUT2D eigenvalue weighted by Gasteiger charge is 2.40. The van der Waals surface area contributed by atoms with Crippen molar-refractivity contribution in [2.75, 3.05) is 54.4 Å². The molecule has 0 saturated carbocycles. The predicted molar refractivity (Wildman–Crippen MR) is 194 cm³/mol. The lowest BCUT2D eigenvalue weighted by atomic mass is 10.0. The number of benzene rings is 3. The molecule has 5 aliphatic heterocycles. The molecule has 4 aromatic rings. The summed E-state index contributed by atoms with van der Waals surface area (Å²) in [5, 5.41) is 24.1. The Labute approximate surface area is 313 Å². The zero-order valence-electron chi connectivity index (χ0n) is 29.6. The number of fused-ring (bicyclic) bond motifs is 4. The molecular formula is C39H37F3N8O5. The van der Waals surface area contributed by atoms with Crippen molar-refractivity contribution in [2.45, 2.75) is 50.5 Å². The van der Waals surface area contributed by atoms with Crippen molar-refractivity contribution >= 4 is 34.9 Å². The third-order valence-electron chi connectivity index (χ3n) is 11.2. The van der Waals surface area contributed by atoms with Gasteiger partial charge in [-0.1, -0.05) is 12.1 Å². The van der Waals surface area contributed by atoms with E-state index in [1.165, 1.54) is 6.07 Å². The van der Waals surface area contributed by atoms with E-state index in [1.54, 1.807) is 17.0 Å². The van der Waals surface area contributed by atoms with E-state index in [1.807, 2.05) is 24.3 Å². The Balaban J connectivity index is 0.800. The lowest BCUT2D eigenvalue weighted by Gasteiger charge is -2.36. The highest BCUT2D eigenvalue weighted by atomic mass is 19.1. The molecule has 3 atom stereocenters. The van der Waals surface area contributed by atoms with Crippen LogP contribution in [0, 0.1) is 17.5 Å². The normalized spacial score (nSPS) is 22.3. The van der Waals surface area contributed by atoms with Gasteiger partial charge in [-0.25, -0.2) is 13.2 Å². The van der Waals surface area contributed by atoms with E-state index in [-0.39, 0.29) is 47.4 Å². The first kappa shape index (κ1) is 34.8. The molecule has 1 unspecified atom stereocenters. The number of hydrogen-bond acceptors (Lipinski definition) is 11. The first-order valence-corrected chi connectivity index (χ1v) is 18.3. The number of ether oxygens (including phenoxy) is 1. The van der Waals surface area contributed by atoms with E-state index in [0.717, 1.165) is 49.1 Å². The molecule has 0 bridgehead atoms. The Morgan fingerprint density at radius 2 is 1.73 bits per heavy atom. The van der Waals surface area contributed by atoms with Gasteiger partial charge in [0.25, 0.3) is 5.91 Å². The van der Waals surface area contributed by atoms with E-state index < -0.39 is 35.2 Å². The summed E-state index contributed by atoms with van der Waals surface area (Å²) in [4.78, 5) is 45.4. The molecule has 55 heavy (non-hydrogen) atoms. The third-order valence-corrected chi connectivity index (χ3v) is 11.2. The number of carbonyl (C=O) groups is 3. The monoisotopic (exact) mass is 754 g/mol. The molecule has 5 aliphatic rings. The number of nitrogens with zero attached hydrogens (tertiary/aromatic N) is 6. The Bertz CT molecular complexity index is 2230. The number of piperazine rings is 1. The van der Waals surface area contributed by atoms with Crippen molar-refractivity contribution in [2.24, 2.45) is 0 Å². The van der Waals surface area contributed by atoms with Crippen LogP contribution in [0.5, 0.6) is 11.5 Å². The number of aromatic hydroxyl groups is 1. The maximum absolute atomic E-state index is 15.5. The molecule has 13 nitrogen and oxygen atoms in total. The van der Waals surface area contributed by atoms with Crippen LogP contribution >= 0.6 is 0 Å². The van der Waals surface area contributed by atoms with Gasteiger partial charge in [-0.3, -0.25) is 24.6 Å². The number of phenolic OH excluding ortho intramolecular Hbond substituents is 1. The molecule has 0 aliphatic carbocycles. The first-order valence-electron chi connectivity index (χ1n) is 18.3. The molecule has 0 spiro atoms. The zero-order chi connectivity index (χ0) is 38.0. The highest BCUT2D eigenvalue weighted by Crippen LogP contribution is 2.40. The standard InChI is InChI=1S/C39H37F3N8O5/c40-23-12-28(36(52)30(42)13-23)31-16-33-37(46-45-31)43-17-25-14-26(20-49(25)33)55-34-5-1-21(11-29(34)41)18-47-7-9-48(10-8-47)24-3-2-22-19-50(39(54)27(22)15-24)32-4-6-35(51)44-38(32)53/h1-3,5,11-13,15-16,25-26,32,52H,4,6-10,14,17-20H2,(H,43,46)(H,44,51,53)/t25-,26-,32?/m1/s1. The Morgan fingerprint density at radius 1 is 0.891 bits per heavy atom. The number of aromatic nitrogens is 2. The van der Waals surface area contributed by atoms with Gasteiger partial charge in [-0.2, -0.15) is 0 Å². The number of amides is 3. The first-order chi connectivity index (χ1) is 26.6. The number of rotatable bonds is 7. The van der Waals surface area contributed by atoms with Crippen molar-refractivity contribution in [1.82, 2.24) is 25.3 Å². The second kappa shape index (κ2) is 13.7. The third kappa shape index (κ3) is 6.53. The Hall–Kier alpha value is -5.90. The van der Waals surface area contributed by atoms with Crippen LogP contribution < -0.4 is 25.2 Å². The van der Waals surface area contributed by atoms with Crippen LogP contribution in [-0.2, 0) is 22.7 Å². The largest absolute Gasteiger partial charge is 0.504 e. The molecule has 3 amide bonds. The summed E-state index contributed by atoms with van der Waals surface area (Å²) in [5.41, 5.74) is 3.86. The van der Waals surface area contributed by atoms with Gasteiger partial charge in [0.2, 0.25) is 11.8 Å². The van der Waals surface area contributed by atoms with Crippen LogP contribution in [-0.4, -0.2) is 100 Å². The lowest BCUT2D eigenvalue weighted by molar-refractivity contribution is -0.136. The SMILES string of the molecule is O=C1CCC(N2Cc3ccc(N4CCN(Cc5ccc(O[C@@H]6C[C@@H]7CNc8nnc(-c9cc(F)cc(F)c9O)cc8N7C6)c(F)c5)CC4)cc3C2=O)C(=O)N1. The van der Waals surface area contributed by atoms with Crippen LogP contribution in [0.4, 0.5) is 30.4 Å². The number of anilines is 3. The van der Waals surface area contributed by atoms with E-state index in [9.17, 15) is 28.3 Å². The maximum Gasteiger partial charge on any atom is 0.255 e. The maximum atomic E-state index is 15.5. The number of carbonyl (C=O) groups excluding carboxylic acids is 3. The minimum Gasteiger partial charge on any atom is -0.504 e. The van der Waals surface area contributed by atoms with Gasteiger partial charge in [0.15, 0.2) is 29.0 Å². The number of hydrogen-bond donors (Lipinski definition) is 3. The zero-order valence-corrected chi connectivity index (χ0v) is 29.6. The Kier molecular flexibility index (Phi) is 8.71. The fraction of sp³-hybridized carbons (Fsp3) is 0.359. The molecule has 3 N–H and O–H groups in total. The van der Waals surface area contributed by atoms with Crippen molar-refractivity contribution in [1.29, 1.82) is 0 Å². The smallest absolute Gasteiger partial charge is 0.255 e. The topological polar surface area (TPSA) is 143 Å². The van der Waals surface area contributed by atoms with E-state index in [2.05, 4.69) is 35.5 Å². The van der Waals surface area contributed by atoms with Crippen molar-refractivity contribution in [3.8, 4) is 22.8 Å². The summed E-state index contributed by atoms with van der Waals surface area (Å²) in [7, 11) is 0. The van der Waals surface area contributed by atoms with Crippen LogP contribution in [0.15, 0.2) is 54.6 Å². The molecular weight excluding hydrogens is 717 g/mol. The number of halogens is 3. The van der Waals surface area contributed by atoms with Gasteiger partial charge >= 0.3 is 0 Å². The Morgan fingerprint density at radius 3 is 2.53 bits per heavy atom. The molecule has 284 valence electrons. The number of imide groups is 1. The van der Waals surface area contributed by atoms with Gasteiger partial charge in [0.1, 0.15) is 18.0 Å². The van der Waals surface area contributed by atoms with Crippen LogP contribution in [0.2, 0.25) is 0 Å². The summed E-state index contributed by atoms with van der Waals surface area (Å²) in [5.74, 6) is -3.39. The van der Waals surface area contributed by atoms with Crippen LogP contribution in [0.1, 0.15) is 40.7 Å². The van der Waals surface area contributed by atoms with Gasteiger partial charge in [-0.15, -0.1) is 10.2 Å². The molecule has 3 saturated heterocycles. The molecule has 9 rings (SSSR count). The summed E-state index contributed by atoms with van der Waals surface area (Å²) in [6, 6.07) is 13.5. The molecule has 3 aromatic carbocycles. The minimum atomic E-state index is -1.09. The lowest BCUT2D eigenvalue weighted by Crippen LogP contribution is -2.52. The summed E-state index contributed by atoms with van der Waals surface area (Å²) in [6.07, 6.45) is 0.803. The van der Waals surface area contributed by atoms with E-state index >= 15 is 4.39 Å². The van der Waals surface area contributed by atoms with Crippen LogP contribution in [0.25, 0.3) is 11.3 Å². The average Bonchev–Trinajstić information content (AvgIpc) is 3.74. The molecule has 0 radical (unpaired) electrons. The number of piperidine rings is 1. The second-order valence-corrected chi connectivity index (χ2v) is 14.7. The van der Waals surface area contributed by atoms with Gasteiger partial charge < -0.3 is 29.9 Å². The summed E-state index contributed by atoms with van der Waals surface area (Å²) in [6.45, 7) is 4.80. The number of nitrogens with one attached hydrogen (secondary N) is 2. The second-order valence-electron chi connectivity index (χ2n) is 14.7. The van der Waals surface area contributed by atoms with E-state index in [4.69, 9.17) is 4.74 Å². The summed E-state index contributed by atoms with van der Waals surface area (Å²) >= 11 is 0. The highest BCUT2D eigenvalue weighted by molar-refractivity contribution is 6.05. The van der Waals surface area contributed by atoms with Crippen molar-refractivity contribution < 1.29 is 37.4 Å². The molecule has 6 heterocycles. The van der Waals surface area contributed by atoms with Gasteiger partial charge in [0.05, 0.1) is 24.0 Å².